The molecule has 0 bridgehead atoms. The molecule has 2 rings (SSSR count). The van der Waals surface area contributed by atoms with Crippen molar-refractivity contribution in [1.82, 2.24) is 0 Å². The van der Waals surface area contributed by atoms with Gasteiger partial charge >= 0.3 is 5.97 Å². The van der Waals surface area contributed by atoms with Crippen molar-refractivity contribution in [3.05, 3.63) is 63.7 Å². The number of esters is 1. The Hall–Kier alpha value is -3.22. The number of rotatable bonds is 7. The summed E-state index contributed by atoms with van der Waals surface area (Å²) in [5.74, 6) is 0.0847. The first-order valence-electron chi connectivity index (χ1n) is 8.06. The Morgan fingerprint density at radius 3 is 2.54 bits per heavy atom. The highest BCUT2D eigenvalue weighted by Gasteiger charge is 2.12. The van der Waals surface area contributed by atoms with Crippen molar-refractivity contribution in [2.24, 2.45) is 4.99 Å². The average Bonchev–Trinajstić information content (AvgIpc) is 2.59. The van der Waals surface area contributed by atoms with Crippen LogP contribution in [0.2, 0.25) is 0 Å². The Kier molecular flexibility index (Phi) is 6.43. The van der Waals surface area contributed by atoms with Crippen molar-refractivity contribution in [2.75, 3.05) is 6.61 Å². The van der Waals surface area contributed by atoms with Gasteiger partial charge in [-0.2, -0.15) is 0 Å². The Morgan fingerprint density at radius 2 is 1.92 bits per heavy atom. The van der Waals surface area contributed by atoms with Gasteiger partial charge in [-0.15, -0.1) is 0 Å². The van der Waals surface area contributed by atoms with E-state index in [0.29, 0.717) is 5.75 Å². The number of nitro benzene ring substituents is 1. The monoisotopic (exact) mass is 356 g/mol. The first-order valence-corrected chi connectivity index (χ1v) is 8.06. The predicted molar refractivity (Wildman–Crippen MR) is 98.3 cm³/mol. The molecule has 136 valence electrons. The highest BCUT2D eigenvalue weighted by atomic mass is 16.6. The minimum atomic E-state index is -0.452. The van der Waals surface area contributed by atoms with Crippen molar-refractivity contribution < 1.29 is 19.2 Å². The standard InChI is InChI=1S/C19H20N2O5/c1-13(2)26-19(22)12-25-16-7-5-15(6-8-16)11-20-17-9-4-14(3)10-18(17)21(23)24/h4-11,13H,12H2,1-3H3. The Labute approximate surface area is 151 Å². The lowest BCUT2D eigenvalue weighted by molar-refractivity contribution is -0.384. The molecule has 0 unspecified atom stereocenters. The van der Waals surface area contributed by atoms with Gasteiger partial charge in [0.2, 0.25) is 0 Å². The van der Waals surface area contributed by atoms with Gasteiger partial charge in [0.15, 0.2) is 6.61 Å². The molecule has 2 aromatic rings. The zero-order chi connectivity index (χ0) is 19.1. The SMILES string of the molecule is Cc1ccc(N=Cc2ccc(OCC(=O)OC(C)C)cc2)c([N+](=O)[O-])c1. The molecule has 26 heavy (non-hydrogen) atoms. The molecule has 0 saturated heterocycles. The van der Waals surface area contributed by atoms with Gasteiger partial charge < -0.3 is 9.47 Å². The molecule has 0 saturated carbocycles. The smallest absolute Gasteiger partial charge is 0.344 e. The fraction of sp³-hybridized carbons (Fsp3) is 0.263. The van der Waals surface area contributed by atoms with Crippen LogP contribution in [0.3, 0.4) is 0 Å². The summed E-state index contributed by atoms with van der Waals surface area (Å²) in [4.78, 5) is 26.3. The molecule has 0 aliphatic heterocycles. The predicted octanol–water partition coefficient (Wildman–Crippen LogP) is 3.98. The van der Waals surface area contributed by atoms with E-state index in [1.165, 1.54) is 12.3 Å². The summed E-state index contributed by atoms with van der Waals surface area (Å²) in [6.07, 6.45) is 1.35. The van der Waals surface area contributed by atoms with Crippen LogP contribution < -0.4 is 4.74 Å². The van der Waals surface area contributed by atoms with Crippen molar-refractivity contribution in [2.45, 2.75) is 26.9 Å². The zero-order valence-corrected chi connectivity index (χ0v) is 14.8. The number of carbonyl (C=O) groups excluding carboxylic acids is 1. The summed E-state index contributed by atoms with van der Waals surface area (Å²) in [6.45, 7) is 5.16. The van der Waals surface area contributed by atoms with Gasteiger partial charge in [-0.3, -0.25) is 10.1 Å². The number of nitrogens with zero attached hydrogens (tertiary/aromatic N) is 2. The molecule has 0 N–H and O–H groups in total. The van der Waals surface area contributed by atoms with E-state index in [2.05, 4.69) is 4.99 Å². The second-order valence-corrected chi connectivity index (χ2v) is 5.90. The molecular formula is C19H20N2O5. The maximum Gasteiger partial charge on any atom is 0.344 e. The second kappa shape index (κ2) is 8.75. The van der Waals surface area contributed by atoms with Gasteiger partial charge in [0.1, 0.15) is 11.4 Å². The third-order valence-electron chi connectivity index (χ3n) is 3.28. The number of ether oxygens (including phenoxy) is 2. The van der Waals surface area contributed by atoms with Gasteiger partial charge in [-0.1, -0.05) is 6.07 Å². The molecule has 0 amide bonds. The van der Waals surface area contributed by atoms with Crippen molar-refractivity contribution in [3.8, 4) is 5.75 Å². The highest BCUT2D eigenvalue weighted by molar-refractivity contribution is 5.83. The molecule has 0 heterocycles. The fourth-order valence-corrected chi connectivity index (χ4v) is 2.12. The molecule has 0 aromatic heterocycles. The molecule has 0 aliphatic rings. The molecule has 7 nitrogen and oxygen atoms in total. The first kappa shape index (κ1) is 19.1. The van der Waals surface area contributed by atoms with E-state index in [9.17, 15) is 14.9 Å². The summed E-state index contributed by atoms with van der Waals surface area (Å²) >= 11 is 0. The number of hydrogen-bond acceptors (Lipinski definition) is 6. The van der Waals surface area contributed by atoms with Crippen LogP contribution in [0.1, 0.15) is 25.0 Å². The third-order valence-corrected chi connectivity index (χ3v) is 3.28. The zero-order valence-electron chi connectivity index (χ0n) is 14.8. The molecular weight excluding hydrogens is 336 g/mol. The minimum absolute atomic E-state index is 0.0372. The first-order chi connectivity index (χ1) is 12.3. The summed E-state index contributed by atoms with van der Waals surface area (Å²) in [5, 5.41) is 11.1. The average molecular weight is 356 g/mol. The van der Waals surface area contributed by atoms with Gasteiger partial charge in [-0.05, 0) is 62.2 Å². The summed E-state index contributed by atoms with van der Waals surface area (Å²) in [7, 11) is 0. The van der Waals surface area contributed by atoms with Crippen LogP contribution in [0.15, 0.2) is 47.5 Å². The van der Waals surface area contributed by atoms with E-state index in [-0.39, 0.29) is 24.1 Å². The van der Waals surface area contributed by atoms with E-state index < -0.39 is 10.9 Å². The van der Waals surface area contributed by atoms with Crippen LogP contribution in [0, 0.1) is 17.0 Å². The van der Waals surface area contributed by atoms with Crippen LogP contribution in [-0.4, -0.2) is 29.8 Å². The van der Waals surface area contributed by atoms with Crippen molar-refractivity contribution >= 4 is 23.6 Å². The maximum absolute atomic E-state index is 11.4. The minimum Gasteiger partial charge on any atom is -0.482 e. The van der Waals surface area contributed by atoms with Gasteiger partial charge in [0, 0.05) is 12.3 Å². The van der Waals surface area contributed by atoms with Crippen molar-refractivity contribution in [3.63, 3.8) is 0 Å². The van der Waals surface area contributed by atoms with Crippen LogP contribution in [0.4, 0.5) is 11.4 Å². The lowest BCUT2D eigenvalue weighted by Gasteiger charge is -2.09. The molecule has 2 aromatic carbocycles. The molecule has 0 atom stereocenters. The normalized spacial score (nSPS) is 10.9. The highest BCUT2D eigenvalue weighted by Crippen LogP contribution is 2.28. The molecule has 0 radical (unpaired) electrons. The molecule has 0 spiro atoms. The molecule has 0 fully saturated rings. The van der Waals surface area contributed by atoms with Gasteiger partial charge in [0.05, 0.1) is 11.0 Å². The van der Waals surface area contributed by atoms with E-state index in [1.807, 2.05) is 0 Å². The lowest BCUT2D eigenvalue weighted by Crippen LogP contribution is -2.18. The quantitative estimate of drug-likeness (QED) is 0.324. The van der Waals surface area contributed by atoms with Gasteiger partial charge in [-0.25, -0.2) is 9.79 Å². The van der Waals surface area contributed by atoms with E-state index >= 15 is 0 Å². The Bertz CT molecular complexity index is 813. The summed E-state index contributed by atoms with van der Waals surface area (Å²) in [5.41, 5.74) is 1.80. The summed E-state index contributed by atoms with van der Waals surface area (Å²) in [6, 6.07) is 11.7. The third kappa shape index (κ3) is 5.70. The maximum atomic E-state index is 11.4. The summed E-state index contributed by atoms with van der Waals surface area (Å²) < 4.78 is 10.3. The number of aliphatic imine (C=N–C) groups is 1. The topological polar surface area (TPSA) is 91.0 Å². The van der Waals surface area contributed by atoms with Crippen LogP contribution >= 0.6 is 0 Å². The van der Waals surface area contributed by atoms with E-state index in [0.717, 1.165) is 11.1 Å². The second-order valence-electron chi connectivity index (χ2n) is 5.90. The number of carbonyl (C=O) groups is 1. The molecule has 7 heteroatoms. The van der Waals surface area contributed by atoms with E-state index in [1.54, 1.807) is 57.2 Å². The Balaban J connectivity index is 2.02. The largest absolute Gasteiger partial charge is 0.482 e. The van der Waals surface area contributed by atoms with Crippen LogP contribution in [0.5, 0.6) is 5.75 Å². The number of aryl methyl sites for hydroxylation is 1. The lowest BCUT2D eigenvalue weighted by atomic mass is 10.2. The Morgan fingerprint density at radius 1 is 1.23 bits per heavy atom. The van der Waals surface area contributed by atoms with Crippen LogP contribution in [0.25, 0.3) is 0 Å². The number of nitro groups is 1. The molecule has 0 aliphatic carbocycles. The fourth-order valence-electron chi connectivity index (χ4n) is 2.12. The van der Waals surface area contributed by atoms with E-state index in [4.69, 9.17) is 9.47 Å². The number of benzene rings is 2. The van der Waals surface area contributed by atoms with Crippen molar-refractivity contribution in [1.29, 1.82) is 0 Å². The van der Waals surface area contributed by atoms with Crippen LogP contribution in [-0.2, 0) is 9.53 Å². The van der Waals surface area contributed by atoms with Gasteiger partial charge in [0.25, 0.3) is 5.69 Å². The number of hydrogen-bond donors (Lipinski definition) is 0.